The number of carbonyl (C=O) groups is 2. The molecule has 1 aromatic rings. The molecule has 1 saturated carbocycles. The molecule has 1 aliphatic carbocycles. The van der Waals surface area contributed by atoms with Crippen LogP contribution in [-0.2, 0) is 4.79 Å². The third-order valence-corrected chi connectivity index (χ3v) is 4.72. The Morgan fingerprint density at radius 2 is 2.04 bits per heavy atom. The van der Waals surface area contributed by atoms with Gasteiger partial charge in [0.05, 0.1) is 17.0 Å². The largest absolute Gasteiger partial charge is 0.486 e. The van der Waals surface area contributed by atoms with Gasteiger partial charge in [0.15, 0.2) is 11.5 Å². The van der Waals surface area contributed by atoms with Crippen LogP contribution in [-0.4, -0.2) is 35.7 Å². The van der Waals surface area contributed by atoms with Crippen LogP contribution in [0.15, 0.2) is 18.2 Å². The zero-order valence-corrected chi connectivity index (χ0v) is 13.1. The molecule has 1 aliphatic heterocycles. The monoisotopic (exact) mass is 319 g/mol. The van der Waals surface area contributed by atoms with Gasteiger partial charge in [-0.3, -0.25) is 9.59 Å². The van der Waals surface area contributed by atoms with Crippen LogP contribution in [0.4, 0.5) is 0 Å². The molecular formula is C17H21NO5. The summed E-state index contributed by atoms with van der Waals surface area (Å²) in [6.45, 7) is 2.67. The standard InChI is InChI=1S/C17H21NO5/c1-17(8-3-2-6-12(17)16(20)21)18-15(19)11-5-4-7-13-14(11)23-10-9-22-13/h4-5,7,12H,2-3,6,8-10H2,1H3,(H,18,19)(H,20,21). The topological polar surface area (TPSA) is 84.9 Å². The van der Waals surface area contributed by atoms with Crippen molar-refractivity contribution in [1.29, 1.82) is 0 Å². The maximum absolute atomic E-state index is 12.7. The van der Waals surface area contributed by atoms with Gasteiger partial charge in [-0.25, -0.2) is 0 Å². The summed E-state index contributed by atoms with van der Waals surface area (Å²) >= 11 is 0. The van der Waals surface area contributed by atoms with Crippen LogP contribution in [0.1, 0.15) is 43.0 Å². The minimum Gasteiger partial charge on any atom is -0.486 e. The van der Waals surface area contributed by atoms with Gasteiger partial charge < -0.3 is 19.9 Å². The lowest BCUT2D eigenvalue weighted by atomic mass is 9.73. The predicted molar refractivity (Wildman–Crippen MR) is 82.9 cm³/mol. The molecule has 0 aromatic heterocycles. The molecule has 2 unspecified atom stereocenters. The minimum absolute atomic E-state index is 0.317. The summed E-state index contributed by atoms with van der Waals surface area (Å²) in [5, 5.41) is 12.4. The SMILES string of the molecule is CC1(NC(=O)c2cccc3c2OCCO3)CCCCC1C(=O)O. The minimum atomic E-state index is -0.859. The number of carboxylic acid groups (broad SMARTS) is 1. The highest BCUT2D eigenvalue weighted by atomic mass is 16.6. The van der Waals surface area contributed by atoms with E-state index in [0.29, 0.717) is 43.1 Å². The maximum Gasteiger partial charge on any atom is 0.308 e. The summed E-state index contributed by atoms with van der Waals surface area (Å²) in [6, 6.07) is 5.17. The third kappa shape index (κ3) is 2.98. The van der Waals surface area contributed by atoms with Crippen molar-refractivity contribution in [2.24, 2.45) is 5.92 Å². The number of hydrogen-bond donors (Lipinski definition) is 2. The third-order valence-electron chi connectivity index (χ3n) is 4.72. The molecule has 1 heterocycles. The number of fused-ring (bicyclic) bond motifs is 1. The average molecular weight is 319 g/mol. The first-order chi connectivity index (χ1) is 11.0. The molecule has 2 atom stereocenters. The molecule has 0 bridgehead atoms. The lowest BCUT2D eigenvalue weighted by Gasteiger charge is -2.40. The second kappa shape index (κ2) is 6.10. The number of aliphatic carboxylic acids is 1. The number of carbonyl (C=O) groups excluding carboxylic acids is 1. The molecule has 0 saturated heterocycles. The predicted octanol–water partition coefficient (Wildman–Crippen LogP) is 2.22. The van der Waals surface area contributed by atoms with Crippen molar-refractivity contribution >= 4 is 11.9 Å². The number of carboxylic acids is 1. The Kier molecular flexibility index (Phi) is 4.15. The van der Waals surface area contributed by atoms with Crippen molar-refractivity contribution in [3.05, 3.63) is 23.8 Å². The molecule has 1 aromatic carbocycles. The summed E-state index contributed by atoms with van der Waals surface area (Å²) in [6.07, 6.45) is 3.02. The van der Waals surface area contributed by atoms with Crippen LogP contribution < -0.4 is 14.8 Å². The van der Waals surface area contributed by atoms with Gasteiger partial charge in [-0.2, -0.15) is 0 Å². The number of para-hydroxylation sites is 1. The van der Waals surface area contributed by atoms with Gasteiger partial charge in [-0.15, -0.1) is 0 Å². The Bertz CT molecular complexity index is 629. The molecule has 1 fully saturated rings. The van der Waals surface area contributed by atoms with E-state index in [0.717, 1.165) is 12.8 Å². The number of nitrogens with one attached hydrogen (secondary N) is 1. The van der Waals surface area contributed by atoms with E-state index >= 15 is 0 Å². The quantitative estimate of drug-likeness (QED) is 0.892. The van der Waals surface area contributed by atoms with E-state index in [1.54, 1.807) is 18.2 Å². The van der Waals surface area contributed by atoms with E-state index in [4.69, 9.17) is 9.47 Å². The highest BCUT2D eigenvalue weighted by molar-refractivity contribution is 5.98. The molecule has 6 heteroatoms. The van der Waals surface area contributed by atoms with E-state index in [-0.39, 0.29) is 5.91 Å². The highest BCUT2D eigenvalue weighted by Gasteiger charge is 2.42. The molecule has 124 valence electrons. The second-order valence-corrected chi connectivity index (χ2v) is 6.34. The molecule has 0 spiro atoms. The first-order valence-electron chi connectivity index (χ1n) is 7.95. The first-order valence-corrected chi connectivity index (χ1v) is 7.95. The van der Waals surface area contributed by atoms with Crippen molar-refractivity contribution < 1.29 is 24.2 Å². The van der Waals surface area contributed by atoms with E-state index in [1.807, 2.05) is 6.92 Å². The summed E-state index contributed by atoms with van der Waals surface area (Å²) in [5.74, 6) is -0.767. The molecule has 0 radical (unpaired) electrons. The van der Waals surface area contributed by atoms with Crippen LogP contribution in [0, 0.1) is 5.92 Å². The van der Waals surface area contributed by atoms with E-state index in [2.05, 4.69) is 5.32 Å². The Morgan fingerprint density at radius 1 is 1.26 bits per heavy atom. The number of hydrogen-bond acceptors (Lipinski definition) is 4. The lowest BCUT2D eigenvalue weighted by molar-refractivity contribution is -0.145. The fourth-order valence-corrected chi connectivity index (χ4v) is 3.46. The van der Waals surface area contributed by atoms with Gasteiger partial charge in [-0.1, -0.05) is 18.9 Å². The molecule has 23 heavy (non-hydrogen) atoms. The summed E-state index contributed by atoms with van der Waals surface area (Å²) in [5.41, 5.74) is -0.363. The Balaban J connectivity index is 1.85. The fraction of sp³-hybridized carbons (Fsp3) is 0.529. The van der Waals surface area contributed by atoms with E-state index < -0.39 is 17.4 Å². The summed E-state index contributed by atoms with van der Waals surface area (Å²) in [7, 11) is 0. The Morgan fingerprint density at radius 3 is 2.83 bits per heavy atom. The average Bonchev–Trinajstić information content (AvgIpc) is 2.54. The second-order valence-electron chi connectivity index (χ2n) is 6.34. The van der Waals surface area contributed by atoms with Gasteiger partial charge in [0.1, 0.15) is 13.2 Å². The zero-order valence-electron chi connectivity index (χ0n) is 13.1. The van der Waals surface area contributed by atoms with Crippen molar-refractivity contribution in [3.63, 3.8) is 0 Å². The van der Waals surface area contributed by atoms with Crippen molar-refractivity contribution in [1.82, 2.24) is 5.32 Å². The van der Waals surface area contributed by atoms with Crippen molar-refractivity contribution in [3.8, 4) is 11.5 Å². The Hall–Kier alpha value is -2.24. The van der Waals surface area contributed by atoms with Crippen LogP contribution in [0.3, 0.4) is 0 Å². The maximum atomic E-state index is 12.7. The summed E-state index contributed by atoms with van der Waals surface area (Å²) < 4.78 is 11.1. The van der Waals surface area contributed by atoms with Gasteiger partial charge >= 0.3 is 5.97 Å². The van der Waals surface area contributed by atoms with Gasteiger partial charge in [0.25, 0.3) is 5.91 Å². The first kappa shape index (κ1) is 15.6. The van der Waals surface area contributed by atoms with Gasteiger partial charge in [0, 0.05) is 0 Å². The molecular weight excluding hydrogens is 298 g/mol. The molecule has 3 rings (SSSR count). The van der Waals surface area contributed by atoms with Gasteiger partial charge in [0.2, 0.25) is 0 Å². The molecule has 2 aliphatic rings. The van der Waals surface area contributed by atoms with Crippen LogP contribution in [0.25, 0.3) is 0 Å². The molecule has 1 amide bonds. The lowest BCUT2D eigenvalue weighted by Crippen LogP contribution is -2.55. The number of rotatable bonds is 3. The normalized spacial score (nSPS) is 26.4. The highest BCUT2D eigenvalue weighted by Crippen LogP contribution is 2.36. The molecule has 6 nitrogen and oxygen atoms in total. The number of benzene rings is 1. The van der Waals surface area contributed by atoms with E-state index in [9.17, 15) is 14.7 Å². The van der Waals surface area contributed by atoms with Crippen LogP contribution >= 0.6 is 0 Å². The number of amides is 1. The van der Waals surface area contributed by atoms with E-state index in [1.165, 1.54) is 0 Å². The van der Waals surface area contributed by atoms with Crippen molar-refractivity contribution in [2.45, 2.75) is 38.1 Å². The molecule has 2 N–H and O–H groups in total. The van der Waals surface area contributed by atoms with Crippen LogP contribution in [0.5, 0.6) is 11.5 Å². The summed E-state index contributed by atoms with van der Waals surface area (Å²) in [4.78, 5) is 24.2. The van der Waals surface area contributed by atoms with Crippen molar-refractivity contribution in [2.75, 3.05) is 13.2 Å². The van der Waals surface area contributed by atoms with Crippen LogP contribution in [0.2, 0.25) is 0 Å². The smallest absolute Gasteiger partial charge is 0.308 e. The fourth-order valence-electron chi connectivity index (χ4n) is 3.46. The number of ether oxygens (including phenoxy) is 2. The van der Waals surface area contributed by atoms with Gasteiger partial charge in [-0.05, 0) is 31.9 Å². The zero-order chi connectivity index (χ0) is 16.4. The Labute approximate surface area is 134 Å².